The molecule has 0 saturated carbocycles. The summed E-state index contributed by atoms with van der Waals surface area (Å²) < 4.78 is 0.641. The van der Waals surface area contributed by atoms with E-state index in [9.17, 15) is 9.59 Å². The molecule has 1 heterocycles. The van der Waals surface area contributed by atoms with E-state index in [4.69, 9.17) is 5.73 Å². The van der Waals surface area contributed by atoms with E-state index in [-0.39, 0.29) is 0 Å². The van der Waals surface area contributed by atoms with E-state index >= 15 is 0 Å². The molecule has 0 saturated heterocycles. The number of hydrogen-bond donors (Lipinski definition) is 3. The van der Waals surface area contributed by atoms with E-state index in [0.717, 1.165) is 5.56 Å². The van der Waals surface area contributed by atoms with Gasteiger partial charge in [-0.1, -0.05) is 53.4 Å². The fourth-order valence-corrected chi connectivity index (χ4v) is 3.42. The van der Waals surface area contributed by atoms with Crippen LogP contribution in [0.4, 0.5) is 9.93 Å². The van der Waals surface area contributed by atoms with Crippen LogP contribution in [0, 0.1) is 0 Å². The number of nitrogens with one attached hydrogen (secondary N) is 2. The second-order valence-electron chi connectivity index (χ2n) is 4.33. The number of anilines is 1. The summed E-state index contributed by atoms with van der Waals surface area (Å²) in [5.74, 6) is -0.452. The summed E-state index contributed by atoms with van der Waals surface area (Å²) >= 11 is 2.57. The third-order valence-corrected chi connectivity index (χ3v) is 4.65. The maximum absolute atomic E-state index is 11.6. The topological polar surface area (TPSA) is 110 Å². The minimum absolute atomic E-state index is 0.452. The zero-order valence-corrected chi connectivity index (χ0v) is 13.4. The number of urea groups is 1. The summed E-state index contributed by atoms with van der Waals surface area (Å²) in [7, 11) is 0. The molecule has 22 heavy (non-hydrogen) atoms. The quantitative estimate of drug-likeness (QED) is 0.694. The second kappa shape index (κ2) is 7.76. The van der Waals surface area contributed by atoms with Gasteiger partial charge in [0.2, 0.25) is 11.0 Å². The minimum atomic E-state index is -0.861. The summed E-state index contributed by atoms with van der Waals surface area (Å²) in [5.41, 5.74) is 6.05. The summed E-state index contributed by atoms with van der Waals surface area (Å²) in [6.07, 6.45) is 0. The van der Waals surface area contributed by atoms with Crippen molar-refractivity contribution >= 4 is 40.2 Å². The van der Waals surface area contributed by atoms with E-state index < -0.39 is 17.2 Å². The van der Waals surface area contributed by atoms with Crippen LogP contribution in [0.5, 0.6) is 0 Å². The lowest BCUT2D eigenvalue weighted by atomic mass is 10.2. The molecule has 0 fully saturated rings. The lowest BCUT2D eigenvalue weighted by Crippen LogP contribution is -2.39. The number of nitrogens with two attached hydrogens (primary N) is 1. The van der Waals surface area contributed by atoms with Crippen molar-refractivity contribution in [3.63, 3.8) is 0 Å². The molecule has 0 aliphatic rings. The van der Waals surface area contributed by atoms with Crippen molar-refractivity contribution in [1.29, 1.82) is 0 Å². The van der Waals surface area contributed by atoms with Gasteiger partial charge in [0.25, 0.3) is 0 Å². The van der Waals surface area contributed by atoms with Crippen LogP contribution in [0.15, 0.2) is 34.7 Å². The SMILES string of the molecule is CC(Sc1nnc(NCc2ccccc2)s1)C(=O)NC(N)=O. The normalized spacial score (nSPS) is 11.7. The van der Waals surface area contributed by atoms with Crippen LogP contribution in [0.25, 0.3) is 0 Å². The number of benzene rings is 1. The third kappa shape index (κ3) is 5.01. The Hall–Kier alpha value is -2.13. The molecular formula is C13H15N5O2S2. The molecule has 2 rings (SSSR count). The second-order valence-corrected chi connectivity index (χ2v) is 6.89. The number of thioether (sulfide) groups is 1. The van der Waals surface area contributed by atoms with Crippen LogP contribution in [-0.2, 0) is 11.3 Å². The van der Waals surface area contributed by atoms with Crippen LogP contribution in [0.1, 0.15) is 12.5 Å². The third-order valence-electron chi connectivity index (χ3n) is 2.59. The molecule has 0 radical (unpaired) electrons. The van der Waals surface area contributed by atoms with Crippen molar-refractivity contribution in [2.24, 2.45) is 5.73 Å². The lowest BCUT2D eigenvalue weighted by Gasteiger charge is -2.06. The Kier molecular flexibility index (Phi) is 5.73. The van der Waals surface area contributed by atoms with Gasteiger partial charge in [0, 0.05) is 6.54 Å². The highest BCUT2D eigenvalue weighted by molar-refractivity contribution is 8.02. The Bertz CT molecular complexity index is 647. The van der Waals surface area contributed by atoms with Gasteiger partial charge in [0.1, 0.15) is 0 Å². The maximum atomic E-state index is 11.6. The number of primary amides is 1. The van der Waals surface area contributed by atoms with Crippen molar-refractivity contribution in [3.05, 3.63) is 35.9 Å². The highest BCUT2D eigenvalue weighted by atomic mass is 32.2. The van der Waals surface area contributed by atoms with Gasteiger partial charge in [-0.3, -0.25) is 10.1 Å². The van der Waals surface area contributed by atoms with Crippen LogP contribution in [0.3, 0.4) is 0 Å². The first kappa shape index (κ1) is 16.2. The molecular weight excluding hydrogens is 322 g/mol. The van der Waals surface area contributed by atoms with Crippen molar-refractivity contribution in [2.75, 3.05) is 5.32 Å². The molecule has 0 aliphatic heterocycles. The Morgan fingerprint density at radius 2 is 2.05 bits per heavy atom. The van der Waals surface area contributed by atoms with Gasteiger partial charge in [0.05, 0.1) is 5.25 Å². The van der Waals surface area contributed by atoms with Crippen molar-refractivity contribution < 1.29 is 9.59 Å². The number of hydrogen-bond acceptors (Lipinski definition) is 7. The van der Waals surface area contributed by atoms with Gasteiger partial charge in [-0.2, -0.15) is 0 Å². The number of aromatic nitrogens is 2. The van der Waals surface area contributed by atoms with Gasteiger partial charge in [-0.25, -0.2) is 4.79 Å². The Labute approximate surface area is 135 Å². The number of imide groups is 1. The van der Waals surface area contributed by atoms with Gasteiger partial charge < -0.3 is 11.1 Å². The average Bonchev–Trinajstić information content (AvgIpc) is 2.93. The zero-order chi connectivity index (χ0) is 15.9. The summed E-state index contributed by atoms with van der Waals surface area (Å²) in [4.78, 5) is 22.2. The molecule has 0 bridgehead atoms. The molecule has 116 valence electrons. The Balaban J connectivity index is 1.86. The molecule has 1 aromatic heterocycles. The Morgan fingerprint density at radius 1 is 1.32 bits per heavy atom. The number of carbonyl (C=O) groups excluding carboxylic acids is 2. The Morgan fingerprint density at radius 3 is 2.73 bits per heavy atom. The van der Waals surface area contributed by atoms with Gasteiger partial charge in [-0.15, -0.1) is 10.2 Å². The standard InChI is InChI=1S/C13H15N5O2S2/c1-8(10(19)16-11(14)20)21-13-18-17-12(22-13)15-7-9-5-3-2-4-6-9/h2-6,8H,7H2,1H3,(H,15,17)(H3,14,16,19,20). The summed E-state index contributed by atoms with van der Waals surface area (Å²) in [5, 5.41) is 13.4. The van der Waals surface area contributed by atoms with Crippen LogP contribution in [-0.4, -0.2) is 27.4 Å². The largest absolute Gasteiger partial charge is 0.356 e. The first-order valence-corrected chi connectivity index (χ1v) is 8.12. The van der Waals surface area contributed by atoms with Crippen molar-refractivity contribution in [2.45, 2.75) is 23.1 Å². The maximum Gasteiger partial charge on any atom is 0.318 e. The molecule has 0 aliphatic carbocycles. The predicted octanol–water partition coefficient (Wildman–Crippen LogP) is 1.83. The number of carbonyl (C=O) groups is 2. The summed E-state index contributed by atoms with van der Waals surface area (Å²) in [6, 6.07) is 9.07. The number of amides is 3. The van der Waals surface area contributed by atoms with Crippen LogP contribution < -0.4 is 16.4 Å². The van der Waals surface area contributed by atoms with E-state index in [1.165, 1.54) is 23.1 Å². The number of nitrogens with zero attached hydrogens (tertiary/aromatic N) is 2. The lowest BCUT2D eigenvalue weighted by molar-refractivity contribution is -0.119. The smallest absolute Gasteiger partial charge is 0.318 e. The van der Waals surface area contributed by atoms with Crippen LogP contribution in [0.2, 0.25) is 0 Å². The molecule has 3 amide bonds. The van der Waals surface area contributed by atoms with E-state index in [2.05, 4.69) is 15.5 Å². The van der Waals surface area contributed by atoms with Crippen LogP contribution >= 0.6 is 23.1 Å². The molecule has 2 aromatic rings. The highest BCUT2D eigenvalue weighted by Crippen LogP contribution is 2.29. The first-order chi connectivity index (χ1) is 10.5. The molecule has 1 atom stereocenters. The highest BCUT2D eigenvalue weighted by Gasteiger charge is 2.18. The predicted molar refractivity (Wildman–Crippen MR) is 86.7 cm³/mol. The van der Waals surface area contributed by atoms with E-state index in [1.807, 2.05) is 35.6 Å². The molecule has 4 N–H and O–H groups in total. The van der Waals surface area contributed by atoms with E-state index in [1.54, 1.807) is 6.92 Å². The molecule has 7 nitrogen and oxygen atoms in total. The zero-order valence-electron chi connectivity index (χ0n) is 11.8. The van der Waals surface area contributed by atoms with E-state index in [0.29, 0.717) is 16.0 Å². The minimum Gasteiger partial charge on any atom is -0.356 e. The molecule has 0 spiro atoms. The summed E-state index contributed by atoms with van der Waals surface area (Å²) in [6.45, 7) is 2.32. The fraction of sp³-hybridized carbons (Fsp3) is 0.231. The van der Waals surface area contributed by atoms with Gasteiger partial charge >= 0.3 is 6.03 Å². The monoisotopic (exact) mass is 337 g/mol. The molecule has 1 unspecified atom stereocenters. The number of rotatable bonds is 6. The van der Waals surface area contributed by atoms with Gasteiger partial charge in [-0.05, 0) is 12.5 Å². The van der Waals surface area contributed by atoms with Gasteiger partial charge in [0.15, 0.2) is 4.34 Å². The fourth-order valence-electron chi connectivity index (χ4n) is 1.53. The molecule has 9 heteroatoms. The van der Waals surface area contributed by atoms with Crippen molar-refractivity contribution in [3.8, 4) is 0 Å². The first-order valence-electron chi connectivity index (χ1n) is 6.43. The molecule has 1 aromatic carbocycles. The average molecular weight is 337 g/mol. The van der Waals surface area contributed by atoms with Crippen molar-refractivity contribution in [1.82, 2.24) is 15.5 Å².